The third-order valence-corrected chi connectivity index (χ3v) is 6.66. The first-order chi connectivity index (χ1) is 13.5. The summed E-state index contributed by atoms with van der Waals surface area (Å²) in [6.07, 6.45) is 0. The van der Waals surface area contributed by atoms with E-state index in [4.69, 9.17) is 11.6 Å². The Labute approximate surface area is 168 Å². The van der Waals surface area contributed by atoms with Crippen LogP contribution in [0.25, 0.3) is 0 Å². The van der Waals surface area contributed by atoms with Gasteiger partial charge in [0.25, 0.3) is 0 Å². The fourth-order valence-electron chi connectivity index (χ4n) is 5.14. The number of benzene rings is 3. The van der Waals surface area contributed by atoms with Crippen molar-refractivity contribution in [1.82, 2.24) is 0 Å². The van der Waals surface area contributed by atoms with Crippen LogP contribution in [0.5, 0.6) is 0 Å². The van der Waals surface area contributed by atoms with Crippen LogP contribution in [-0.4, -0.2) is 11.8 Å². The maximum absolute atomic E-state index is 13.6. The standard InChI is InChI=1S/C24H18ClNO2/c1-23-20(21(27)26(22(23)28)19-14-12-18(25)13-15-19)24(23,16-8-4-2-5-9-16)17-10-6-3-7-11-17/h2-15,20H,1H3/t20-,23+/m1/s1. The molecular formula is C24H18ClNO2. The van der Waals surface area contributed by atoms with Crippen molar-refractivity contribution in [3.8, 4) is 0 Å². The van der Waals surface area contributed by atoms with Gasteiger partial charge in [-0.15, -0.1) is 0 Å². The fraction of sp³-hybridized carbons (Fsp3) is 0.167. The molecular weight excluding hydrogens is 370 g/mol. The van der Waals surface area contributed by atoms with Crippen LogP contribution in [0.2, 0.25) is 5.02 Å². The Kier molecular flexibility index (Phi) is 3.56. The molecule has 3 nitrogen and oxygen atoms in total. The molecule has 138 valence electrons. The lowest BCUT2D eigenvalue weighted by atomic mass is 9.79. The molecule has 0 spiro atoms. The minimum atomic E-state index is -0.813. The lowest BCUT2D eigenvalue weighted by Crippen LogP contribution is -2.42. The van der Waals surface area contributed by atoms with Crippen molar-refractivity contribution < 1.29 is 9.59 Å². The van der Waals surface area contributed by atoms with E-state index in [0.29, 0.717) is 10.7 Å². The second-order valence-corrected chi connectivity index (χ2v) is 8.07. The Morgan fingerprint density at radius 1 is 0.786 bits per heavy atom. The van der Waals surface area contributed by atoms with Gasteiger partial charge in [-0.3, -0.25) is 9.59 Å². The first-order valence-corrected chi connectivity index (χ1v) is 9.65. The third kappa shape index (κ3) is 1.95. The minimum absolute atomic E-state index is 0.150. The van der Waals surface area contributed by atoms with Crippen LogP contribution in [-0.2, 0) is 15.0 Å². The molecule has 2 atom stereocenters. The first-order valence-electron chi connectivity index (χ1n) is 9.28. The average Bonchev–Trinajstić information content (AvgIpc) is 3.26. The van der Waals surface area contributed by atoms with Gasteiger partial charge in [0, 0.05) is 10.4 Å². The molecule has 5 rings (SSSR count). The summed E-state index contributed by atoms with van der Waals surface area (Å²) in [5.41, 5.74) is 1.14. The van der Waals surface area contributed by atoms with Gasteiger partial charge in [-0.25, -0.2) is 4.90 Å². The molecule has 0 bridgehead atoms. The number of amides is 2. The van der Waals surface area contributed by atoms with Crippen molar-refractivity contribution in [2.45, 2.75) is 12.3 Å². The molecule has 2 aliphatic rings. The number of carbonyl (C=O) groups excluding carboxylic acids is 2. The number of imide groups is 1. The Hall–Kier alpha value is -2.91. The maximum atomic E-state index is 13.6. The van der Waals surface area contributed by atoms with Gasteiger partial charge in [0.2, 0.25) is 11.8 Å². The van der Waals surface area contributed by atoms with Crippen LogP contribution < -0.4 is 4.90 Å². The molecule has 0 aromatic heterocycles. The Morgan fingerprint density at radius 3 is 1.71 bits per heavy atom. The summed E-state index contributed by atoms with van der Waals surface area (Å²) in [7, 11) is 0. The van der Waals surface area contributed by atoms with E-state index in [1.807, 2.05) is 67.6 Å². The molecule has 1 saturated heterocycles. The summed E-state index contributed by atoms with van der Waals surface area (Å²) >= 11 is 5.97. The molecule has 2 fully saturated rings. The molecule has 3 aromatic carbocycles. The third-order valence-electron chi connectivity index (χ3n) is 6.40. The van der Waals surface area contributed by atoms with Gasteiger partial charge in [0.05, 0.1) is 17.0 Å². The van der Waals surface area contributed by atoms with Crippen LogP contribution >= 0.6 is 11.6 Å². The summed E-state index contributed by atoms with van der Waals surface area (Å²) < 4.78 is 0. The van der Waals surface area contributed by atoms with E-state index < -0.39 is 16.7 Å². The summed E-state index contributed by atoms with van der Waals surface area (Å²) in [5, 5.41) is 0.571. The zero-order valence-electron chi connectivity index (χ0n) is 15.3. The van der Waals surface area contributed by atoms with Crippen molar-refractivity contribution >= 4 is 29.1 Å². The van der Waals surface area contributed by atoms with E-state index in [0.717, 1.165) is 11.1 Å². The van der Waals surface area contributed by atoms with Gasteiger partial charge < -0.3 is 0 Å². The van der Waals surface area contributed by atoms with Crippen molar-refractivity contribution in [3.63, 3.8) is 0 Å². The topological polar surface area (TPSA) is 37.4 Å². The van der Waals surface area contributed by atoms with E-state index >= 15 is 0 Å². The number of fused-ring (bicyclic) bond motifs is 1. The highest BCUT2D eigenvalue weighted by Gasteiger charge is 2.86. The number of hydrogen-bond donors (Lipinski definition) is 0. The summed E-state index contributed by atoms with van der Waals surface area (Å²) in [6, 6.07) is 26.7. The average molecular weight is 388 g/mol. The molecule has 0 radical (unpaired) electrons. The molecule has 0 N–H and O–H groups in total. The maximum Gasteiger partial charge on any atom is 0.241 e. The van der Waals surface area contributed by atoms with Gasteiger partial charge in [-0.1, -0.05) is 72.3 Å². The van der Waals surface area contributed by atoms with Crippen molar-refractivity contribution in [1.29, 1.82) is 0 Å². The summed E-state index contributed by atoms with van der Waals surface area (Å²) in [6.45, 7) is 1.92. The number of piperidine rings is 1. The predicted octanol–water partition coefficient (Wildman–Crippen LogP) is 4.84. The molecule has 1 heterocycles. The highest BCUT2D eigenvalue weighted by molar-refractivity contribution is 6.31. The Morgan fingerprint density at radius 2 is 1.29 bits per heavy atom. The van der Waals surface area contributed by atoms with Crippen LogP contribution in [0.1, 0.15) is 18.1 Å². The van der Waals surface area contributed by atoms with Gasteiger partial charge in [-0.2, -0.15) is 0 Å². The van der Waals surface area contributed by atoms with Gasteiger partial charge in [0.1, 0.15) is 0 Å². The Balaban J connectivity index is 1.67. The van der Waals surface area contributed by atoms with E-state index in [2.05, 4.69) is 0 Å². The van der Waals surface area contributed by atoms with Crippen molar-refractivity contribution in [2.24, 2.45) is 11.3 Å². The number of hydrogen-bond acceptors (Lipinski definition) is 2. The SMILES string of the molecule is C[C@@]12C(=O)N(c3ccc(Cl)cc3)C(=O)[C@H]1C2(c1ccccc1)c1ccccc1. The molecule has 4 heteroatoms. The number of anilines is 1. The molecule has 1 saturated carbocycles. The number of halogens is 1. The minimum Gasteiger partial charge on any atom is -0.274 e. The van der Waals surface area contributed by atoms with Crippen LogP contribution in [0.3, 0.4) is 0 Å². The van der Waals surface area contributed by atoms with Crippen LogP contribution in [0, 0.1) is 11.3 Å². The number of rotatable bonds is 3. The summed E-state index contributed by atoms with van der Waals surface area (Å²) in [5.74, 6) is -0.729. The van der Waals surface area contributed by atoms with Gasteiger partial charge in [-0.05, 0) is 42.3 Å². The molecule has 0 unspecified atom stereocenters. The molecule has 3 aromatic rings. The summed E-state index contributed by atoms with van der Waals surface area (Å²) in [4.78, 5) is 28.4. The van der Waals surface area contributed by atoms with E-state index in [9.17, 15) is 9.59 Å². The fourth-order valence-corrected chi connectivity index (χ4v) is 5.27. The quantitative estimate of drug-likeness (QED) is 0.603. The molecule has 28 heavy (non-hydrogen) atoms. The lowest BCUT2D eigenvalue weighted by Gasteiger charge is -2.29. The highest BCUT2D eigenvalue weighted by Crippen LogP contribution is 2.76. The first kappa shape index (κ1) is 17.2. The van der Waals surface area contributed by atoms with Gasteiger partial charge >= 0.3 is 0 Å². The van der Waals surface area contributed by atoms with E-state index in [1.54, 1.807) is 24.3 Å². The molecule has 1 aliphatic carbocycles. The monoisotopic (exact) mass is 387 g/mol. The molecule has 1 aliphatic heterocycles. The largest absolute Gasteiger partial charge is 0.274 e. The number of carbonyl (C=O) groups is 2. The van der Waals surface area contributed by atoms with E-state index in [1.165, 1.54) is 4.90 Å². The zero-order chi connectivity index (χ0) is 19.5. The second kappa shape index (κ2) is 5.79. The van der Waals surface area contributed by atoms with E-state index in [-0.39, 0.29) is 11.8 Å². The lowest BCUT2D eigenvalue weighted by molar-refractivity contribution is -0.125. The van der Waals surface area contributed by atoms with Crippen molar-refractivity contribution in [2.75, 3.05) is 4.90 Å². The van der Waals surface area contributed by atoms with Crippen molar-refractivity contribution in [3.05, 3.63) is 101 Å². The van der Waals surface area contributed by atoms with Crippen LogP contribution in [0.15, 0.2) is 84.9 Å². The highest BCUT2D eigenvalue weighted by atomic mass is 35.5. The second-order valence-electron chi connectivity index (χ2n) is 7.63. The Bertz CT molecular complexity index is 1040. The number of nitrogens with zero attached hydrogens (tertiary/aromatic N) is 1. The molecule has 2 amide bonds. The predicted molar refractivity (Wildman–Crippen MR) is 109 cm³/mol. The zero-order valence-corrected chi connectivity index (χ0v) is 16.1. The van der Waals surface area contributed by atoms with Crippen LogP contribution in [0.4, 0.5) is 5.69 Å². The van der Waals surface area contributed by atoms with Gasteiger partial charge in [0.15, 0.2) is 0 Å². The normalized spacial score (nSPS) is 24.9. The smallest absolute Gasteiger partial charge is 0.241 e.